The molecule has 0 aromatic heterocycles. The molecular formula is C10H23N3O2S. The number of nitrogens with zero attached hydrogens (tertiary/aromatic N) is 1. The highest BCUT2D eigenvalue weighted by Gasteiger charge is 2.30. The molecule has 5 nitrogen and oxygen atoms in total. The van der Waals surface area contributed by atoms with E-state index in [1.165, 1.54) is 7.05 Å². The first-order valence-corrected chi connectivity index (χ1v) is 7.47. The Morgan fingerprint density at radius 3 is 2.75 bits per heavy atom. The molecule has 16 heavy (non-hydrogen) atoms. The van der Waals surface area contributed by atoms with E-state index >= 15 is 0 Å². The summed E-state index contributed by atoms with van der Waals surface area (Å²) in [6, 6.07) is 0.109. The summed E-state index contributed by atoms with van der Waals surface area (Å²) in [5, 5.41) is 3.30. The quantitative estimate of drug-likeness (QED) is 0.666. The maximum absolute atomic E-state index is 11.8. The first-order chi connectivity index (χ1) is 7.61. The van der Waals surface area contributed by atoms with Gasteiger partial charge in [0.1, 0.15) is 0 Å². The smallest absolute Gasteiger partial charge is 0.279 e. The molecule has 2 N–H and O–H groups in total. The normalized spacial score (nSPS) is 23.5. The Kier molecular flexibility index (Phi) is 5.68. The fourth-order valence-electron chi connectivity index (χ4n) is 2.06. The van der Waals surface area contributed by atoms with Gasteiger partial charge in [0.25, 0.3) is 10.2 Å². The molecule has 0 spiro atoms. The van der Waals surface area contributed by atoms with E-state index in [4.69, 9.17) is 0 Å². The third kappa shape index (κ3) is 3.69. The molecule has 0 radical (unpaired) electrons. The monoisotopic (exact) mass is 249 g/mol. The van der Waals surface area contributed by atoms with Gasteiger partial charge in [-0.1, -0.05) is 13.3 Å². The Bertz CT molecular complexity index is 292. The molecule has 0 amide bonds. The summed E-state index contributed by atoms with van der Waals surface area (Å²) in [5.74, 6) is 0. The Labute approximate surface area is 98.8 Å². The van der Waals surface area contributed by atoms with Gasteiger partial charge in [-0.25, -0.2) is 4.72 Å². The lowest BCUT2D eigenvalue weighted by molar-refractivity contribution is 0.244. The fourth-order valence-corrected chi connectivity index (χ4v) is 3.23. The summed E-state index contributed by atoms with van der Waals surface area (Å²) in [6.07, 6.45) is 4.11. The molecule has 0 aromatic rings. The van der Waals surface area contributed by atoms with Crippen LogP contribution in [0.1, 0.15) is 32.6 Å². The van der Waals surface area contributed by atoms with Crippen molar-refractivity contribution in [3.8, 4) is 0 Å². The van der Waals surface area contributed by atoms with Crippen molar-refractivity contribution < 1.29 is 8.42 Å². The fraction of sp³-hybridized carbons (Fsp3) is 1.00. The van der Waals surface area contributed by atoms with Gasteiger partial charge >= 0.3 is 0 Å². The van der Waals surface area contributed by atoms with Crippen LogP contribution in [0.15, 0.2) is 0 Å². The average Bonchev–Trinajstić information content (AvgIpc) is 2.30. The number of hydrogen-bond acceptors (Lipinski definition) is 3. The third-order valence-corrected chi connectivity index (χ3v) is 4.56. The van der Waals surface area contributed by atoms with Crippen LogP contribution in [0.4, 0.5) is 0 Å². The topological polar surface area (TPSA) is 61.4 Å². The van der Waals surface area contributed by atoms with E-state index in [0.29, 0.717) is 6.54 Å². The Balaban J connectivity index is 2.57. The molecule has 1 fully saturated rings. The van der Waals surface area contributed by atoms with Gasteiger partial charge in [-0.15, -0.1) is 0 Å². The second kappa shape index (κ2) is 6.54. The lowest BCUT2D eigenvalue weighted by atomic mass is 10.1. The van der Waals surface area contributed by atoms with E-state index in [0.717, 1.165) is 38.8 Å². The van der Waals surface area contributed by atoms with Gasteiger partial charge in [-0.05, 0) is 25.8 Å². The largest absolute Gasteiger partial charge is 0.315 e. The van der Waals surface area contributed by atoms with E-state index < -0.39 is 10.2 Å². The van der Waals surface area contributed by atoms with Gasteiger partial charge in [-0.3, -0.25) is 0 Å². The lowest BCUT2D eigenvalue weighted by Crippen LogP contribution is -2.51. The molecule has 1 heterocycles. The number of hydrogen-bond donors (Lipinski definition) is 2. The molecule has 0 bridgehead atoms. The summed E-state index contributed by atoms with van der Waals surface area (Å²) < 4.78 is 27.6. The molecule has 1 aliphatic rings. The molecule has 1 aliphatic heterocycles. The number of piperidine rings is 1. The molecule has 1 saturated heterocycles. The van der Waals surface area contributed by atoms with Crippen LogP contribution in [0.3, 0.4) is 0 Å². The van der Waals surface area contributed by atoms with E-state index in [-0.39, 0.29) is 6.04 Å². The zero-order valence-electron chi connectivity index (χ0n) is 10.2. The van der Waals surface area contributed by atoms with Crippen LogP contribution in [0, 0.1) is 0 Å². The van der Waals surface area contributed by atoms with Crippen LogP contribution in [0.5, 0.6) is 0 Å². The van der Waals surface area contributed by atoms with Crippen LogP contribution >= 0.6 is 0 Å². The number of rotatable bonds is 6. The van der Waals surface area contributed by atoms with Crippen molar-refractivity contribution in [3.05, 3.63) is 0 Å². The van der Waals surface area contributed by atoms with Crippen LogP contribution in [-0.4, -0.2) is 45.4 Å². The molecule has 1 rings (SSSR count). The maximum Gasteiger partial charge on any atom is 0.279 e. The summed E-state index contributed by atoms with van der Waals surface area (Å²) in [7, 11) is -1.79. The zero-order chi connectivity index (χ0) is 12.0. The molecule has 0 aromatic carbocycles. The molecule has 96 valence electrons. The Hall–Kier alpha value is -0.170. The van der Waals surface area contributed by atoms with E-state index in [9.17, 15) is 8.42 Å². The highest BCUT2D eigenvalue weighted by Crippen LogP contribution is 2.18. The van der Waals surface area contributed by atoms with Crippen LogP contribution in [0.2, 0.25) is 0 Å². The molecule has 0 saturated carbocycles. The zero-order valence-corrected chi connectivity index (χ0v) is 11.0. The first-order valence-electron chi connectivity index (χ1n) is 6.03. The minimum atomic E-state index is -3.26. The Morgan fingerprint density at radius 1 is 1.38 bits per heavy atom. The summed E-state index contributed by atoms with van der Waals surface area (Å²) in [4.78, 5) is 0. The minimum absolute atomic E-state index is 0.109. The van der Waals surface area contributed by atoms with Crippen molar-refractivity contribution in [2.45, 2.75) is 38.6 Å². The van der Waals surface area contributed by atoms with Crippen molar-refractivity contribution in [1.82, 2.24) is 14.3 Å². The van der Waals surface area contributed by atoms with Gasteiger partial charge < -0.3 is 5.32 Å². The van der Waals surface area contributed by atoms with Crippen molar-refractivity contribution in [3.63, 3.8) is 0 Å². The third-order valence-electron chi connectivity index (χ3n) is 2.95. The van der Waals surface area contributed by atoms with Gasteiger partial charge in [0.05, 0.1) is 0 Å². The Morgan fingerprint density at radius 2 is 2.12 bits per heavy atom. The molecule has 1 unspecified atom stereocenters. The predicted octanol–water partition coefficient (Wildman–Crippen LogP) is 0.305. The van der Waals surface area contributed by atoms with Crippen molar-refractivity contribution in [2.24, 2.45) is 0 Å². The van der Waals surface area contributed by atoms with Gasteiger partial charge in [-0.2, -0.15) is 12.7 Å². The predicted molar refractivity (Wildman–Crippen MR) is 65.5 cm³/mol. The molecule has 0 aliphatic carbocycles. The molecule has 1 atom stereocenters. The van der Waals surface area contributed by atoms with E-state index in [1.807, 2.05) is 0 Å². The SMILES string of the molecule is CCCNCC1CCCCN1S(=O)(=O)NC. The van der Waals surface area contributed by atoms with Crippen molar-refractivity contribution in [2.75, 3.05) is 26.7 Å². The lowest BCUT2D eigenvalue weighted by Gasteiger charge is -2.34. The molecule has 6 heteroatoms. The average molecular weight is 249 g/mol. The summed E-state index contributed by atoms with van der Waals surface area (Å²) in [6.45, 7) is 4.45. The minimum Gasteiger partial charge on any atom is -0.315 e. The summed E-state index contributed by atoms with van der Waals surface area (Å²) in [5.41, 5.74) is 0. The van der Waals surface area contributed by atoms with Crippen molar-refractivity contribution >= 4 is 10.2 Å². The van der Waals surface area contributed by atoms with E-state index in [2.05, 4.69) is 17.0 Å². The highest BCUT2D eigenvalue weighted by atomic mass is 32.2. The van der Waals surface area contributed by atoms with Crippen LogP contribution in [0.25, 0.3) is 0 Å². The summed E-state index contributed by atoms with van der Waals surface area (Å²) >= 11 is 0. The van der Waals surface area contributed by atoms with Gasteiger partial charge in [0.2, 0.25) is 0 Å². The highest BCUT2D eigenvalue weighted by molar-refractivity contribution is 7.87. The standard InChI is InChI=1S/C10H23N3O2S/c1-3-7-12-9-10-6-4-5-8-13(10)16(14,15)11-2/h10-12H,3-9H2,1-2H3. The van der Waals surface area contributed by atoms with Gasteiger partial charge in [0, 0.05) is 26.2 Å². The molecular weight excluding hydrogens is 226 g/mol. The maximum atomic E-state index is 11.8. The first kappa shape index (κ1) is 13.9. The van der Waals surface area contributed by atoms with Crippen molar-refractivity contribution in [1.29, 1.82) is 0 Å². The van der Waals surface area contributed by atoms with Crippen LogP contribution in [-0.2, 0) is 10.2 Å². The van der Waals surface area contributed by atoms with Crippen LogP contribution < -0.4 is 10.0 Å². The van der Waals surface area contributed by atoms with E-state index in [1.54, 1.807) is 4.31 Å². The second-order valence-corrected chi connectivity index (χ2v) is 6.00. The second-order valence-electron chi connectivity index (χ2n) is 4.17. The number of nitrogens with one attached hydrogen (secondary N) is 2. The van der Waals surface area contributed by atoms with Gasteiger partial charge in [0.15, 0.2) is 0 Å².